The quantitative estimate of drug-likeness (QED) is 0.445. The molecule has 0 aromatic carbocycles. The van der Waals surface area contributed by atoms with Gasteiger partial charge < -0.3 is 0 Å². The summed E-state index contributed by atoms with van der Waals surface area (Å²) in [5, 5.41) is 0. The van der Waals surface area contributed by atoms with E-state index in [-0.39, 0.29) is 0 Å². The molecule has 0 amide bonds. The van der Waals surface area contributed by atoms with Gasteiger partial charge in [0, 0.05) is 5.92 Å². The van der Waals surface area contributed by atoms with Crippen molar-refractivity contribution >= 4 is 0 Å². The van der Waals surface area contributed by atoms with Crippen LogP contribution in [0.3, 0.4) is 0 Å². The van der Waals surface area contributed by atoms with Crippen LogP contribution in [-0.2, 0) is 0 Å². The van der Waals surface area contributed by atoms with E-state index in [0.717, 1.165) is 0 Å². The second kappa shape index (κ2) is 8.46. The Morgan fingerprint density at radius 3 is 2.33 bits per heavy atom. The zero-order chi connectivity index (χ0) is 15.8. The van der Waals surface area contributed by atoms with Crippen molar-refractivity contribution in [2.45, 2.75) is 41.0 Å². The third-order valence-electron chi connectivity index (χ3n) is 3.60. The van der Waals surface area contributed by atoms with Gasteiger partial charge in [0.05, 0.1) is 0 Å². The molecule has 0 fully saturated rings. The highest BCUT2D eigenvalue weighted by Crippen LogP contribution is 2.46. The summed E-state index contributed by atoms with van der Waals surface area (Å²) < 4.78 is 0. The summed E-state index contributed by atoms with van der Waals surface area (Å²) in [5.74, 6) is 0.544. The Labute approximate surface area is 130 Å². The predicted molar refractivity (Wildman–Crippen MR) is 96.2 cm³/mol. The van der Waals surface area contributed by atoms with Gasteiger partial charge in [-0.05, 0) is 43.1 Å². The van der Waals surface area contributed by atoms with Crippen LogP contribution >= 0.6 is 0 Å². The van der Waals surface area contributed by atoms with Crippen LogP contribution in [0.4, 0.5) is 0 Å². The highest BCUT2D eigenvalue weighted by Gasteiger charge is 2.31. The number of allylic oxidation sites excluding steroid dienone is 13. The van der Waals surface area contributed by atoms with Crippen molar-refractivity contribution in [1.29, 1.82) is 0 Å². The number of rotatable bonds is 0. The maximum atomic E-state index is 3.36. The highest BCUT2D eigenvalue weighted by atomic mass is 14.3. The van der Waals surface area contributed by atoms with Crippen molar-refractivity contribution in [1.82, 2.24) is 0 Å². The van der Waals surface area contributed by atoms with E-state index in [9.17, 15) is 0 Å². The standard InChI is InChI=1S/C15H14.C3H8.C3H6/c1-10-11(2)14-9-8-12-6-4-3-5-7-13(10)15(12)14;2*1-3-2/h3-9,14H,1-2H3;3H2,1-2H3;3H,1H2,2H3/b4-3?,5-3-,6-4-,7-5?,12-6?,13-7-;;. The van der Waals surface area contributed by atoms with E-state index in [2.05, 4.69) is 76.8 Å². The lowest BCUT2D eigenvalue weighted by atomic mass is 9.95. The van der Waals surface area contributed by atoms with E-state index in [1.807, 2.05) is 6.92 Å². The van der Waals surface area contributed by atoms with Crippen LogP contribution in [0.1, 0.15) is 41.0 Å². The van der Waals surface area contributed by atoms with Gasteiger partial charge in [-0.25, -0.2) is 0 Å². The average molecular weight is 280 g/mol. The average Bonchev–Trinajstić information content (AvgIpc) is 2.91. The molecule has 0 saturated heterocycles. The van der Waals surface area contributed by atoms with Gasteiger partial charge in [0.2, 0.25) is 0 Å². The summed E-state index contributed by atoms with van der Waals surface area (Å²) in [6.07, 6.45) is 18.4. The van der Waals surface area contributed by atoms with Gasteiger partial charge in [-0.3, -0.25) is 0 Å². The van der Waals surface area contributed by atoms with Gasteiger partial charge in [-0.2, -0.15) is 0 Å². The van der Waals surface area contributed by atoms with Crippen molar-refractivity contribution in [3.05, 3.63) is 83.1 Å². The Morgan fingerprint density at radius 2 is 1.71 bits per heavy atom. The van der Waals surface area contributed by atoms with E-state index in [1.54, 1.807) is 6.08 Å². The molecule has 0 radical (unpaired) electrons. The summed E-state index contributed by atoms with van der Waals surface area (Å²) in [6, 6.07) is 0. The van der Waals surface area contributed by atoms with Crippen molar-refractivity contribution in [2.24, 2.45) is 5.92 Å². The molecule has 0 aliphatic heterocycles. The molecule has 1 unspecified atom stereocenters. The molecule has 1 atom stereocenters. The summed E-state index contributed by atoms with van der Waals surface area (Å²) in [7, 11) is 0. The first-order valence-electron chi connectivity index (χ1n) is 7.84. The molecule has 0 nitrogen and oxygen atoms in total. The van der Waals surface area contributed by atoms with Crippen molar-refractivity contribution in [3.8, 4) is 0 Å². The third kappa shape index (κ3) is 3.85. The Balaban J connectivity index is 0.000000321. The van der Waals surface area contributed by atoms with E-state index >= 15 is 0 Å². The minimum atomic E-state index is 0.544. The Kier molecular flexibility index (Phi) is 6.94. The van der Waals surface area contributed by atoms with Gasteiger partial charge in [0.15, 0.2) is 0 Å². The Hall–Kier alpha value is -1.82. The lowest BCUT2D eigenvalue weighted by Gasteiger charge is -2.08. The molecule has 0 spiro atoms. The Bertz CT molecular complexity index is 557. The molecule has 0 heterocycles. The topological polar surface area (TPSA) is 0 Å². The first-order chi connectivity index (χ1) is 10.1. The van der Waals surface area contributed by atoms with Crippen molar-refractivity contribution in [2.75, 3.05) is 0 Å². The highest BCUT2D eigenvalue weighted by molar-refractivity contribution is 5.68. The molecular weight excluding hydrogens is 252 g/mol. The maximum Gasteiger partial charge on any atom is 0.0246 e. The lowest BCUT2D eigenvalue weighted by Crippen LogP contribution is -1.94. The van der Waals surface area contributed by atoms with Crippen LogP contribution in [0, 0.1) is 5.92 Å². The molecule has 112 valence electrons. The van der Waals surface area contributed by atoms with E-state index in [4.69, 9.17) is 0 Å². The lowest BCUT2D eigenvalue weighted by molar-refractivity contribution is 0.961. The molecule has 0 heteroatoms. The van der Waals surface area contributed by atoms with Gasteiger partial charge in [0.25, 0.3) is 0 Å². The summed E-state index contributed by atoms with van der Waals surface area (Å²) in [5.41, 5.74) is 7.28. The largest absolute Gasteiger partial charge is 0.103 e. The third-order valence-corrected chi connectivity index (χ3v) is 3.60. The second-order valence-electron chi connectivity index (χ2n) is 5.45. The molecule has 21 heavy (non-hydrogen) atoms. The van der Waals surface area contributed by atoms with Crippen LogP contribution in [-0.4, -0.2) is 0 Å². The van der Waals surface area contributed by atoms with Gasteiger partial charge in [-0.1, -0.05) is 74.4 Å². The second-order valence-corrected chi connectivity index (χ2v) is 5.45. The summed E-state index contributed by atoms with van der Waals surface area (Å²) in [4.78, 5) is 0. The molecule has 0 saturated carbocycles. The fourth-order valence-corrected chi connectivity index (χ4v) is 2.63. The fourth-order valence-electron chi connectivity index (χ4n) is 2.63. The first kappa shape index (κ1) is 17.2. The van der Waals surface area contributed by atoms with Crippen LogP contribution in [0.25, 0.3) is 0 Å². The van der Waals surface area contributed by atoms with Gasteiger partial charge in [0.1, 0.15) is 0 Å². The summed E-state index contributed by atoms with van der Waals surface area (Å²) >= 11 is 0. The molecular formula is C21H28. The fraction of sp³-hybridized carbons (Fsp3) is 0.333. The van der Waals surface area contributed by atoms with Crippen molar-refractivity contribution < 1.29 is 0 Å². The van der Waals surface area contributed by atoms with Crippen LogP contribution in [0.15, 0.2) is 83.1 Å². The zero-order valence-electron chi connectivity index (χ0n) is 14.1. The normalized spacial score (nSPS) is 26.3. The van der Waals surface area contributed by atoms with Gasteiger partial charge in [-0.15, -0.1) is 6.58 Å². The SMILES string of the molecule is C=CC.CC1=C(C)C2C=CC3=C2C\1=C/C=C\C=C/3.CCC. The molecule has 0 bridgehead atoms. The predicted octanol–water partition coefficient (Wildman–Crippen LogP) is 6.48. The van der Waals surface area contributed by atoms with E-state index in [0.29, 0.717) is 5.92 Å². The molecule has 3 aliphatic rings. The minimum Gasteiger partial charge on any atom is -0.103 e. The Morgan fingerprint density at radius 1 is 1.10 bits per heavy atom. The molecule has 0 N–H and O–H groups in total. The maximum absolute atomic E-state index is 3.36. The van der Waals surface area contributed by atoms with Crippen LogP contribution in [0.2, 0.25) is 0 Å². The van der Waals surface area contributed by atoms with Crippen molar-refractivity contribution in [3.63, 3.8) is 0 Å². The van der Waals surface area contributed by atoms with E-state index < -0.39 is 0 Å². The first-order valence-corrected chi connectivity index (χ1v) is 7.84. The molecule has 3 rings (SSSR count). The zero-order valence-corrected chi connectivity index (χ0v) is 14.1. The molecule has 3 aliphatic carbocycles. The van der Waals surface area contributed by atoms with E-state index in [1.165, 1.54) is 34.3 Å². The van der Waals surface area contributed by atoms with Gasteiger partial charge >= 0.3 is 0 Å². The van der Waals surface area contributed by atoms with Crippen LogP contribution < -0.4 is 0 Å². The minimum absolute atomic E-state index is 0.544. The summed E-state index contributed by atoms with van der Waals surface area (Å²) in [6.45, 7) is 14.0. The smallest absolute Gasteiger partial charge is 0.0246 e. The number of hydrogen-bond acceptors (Lipinski definition) is 0. The number of hydrogen-bond donors (Lipinski definition) is 0. The van der Waals surface area contributed by atoms with Crippen LogP contribution in [0.5, 0.6) is 0 Å². The molecule has 0 aromatic rings. The monoisotopic (exact) mass is 280 g/mol. The molecule has 0 aromatic heterocycles.